The molecule has 0 radical (unpaired) electrons. The number of nitrogens with zero attached hydrogens (tertiary/aromatic N) is 1. The fraction of sp³-hybridized carbons (Fsp3) is 0.679. The molecule has 35 heavy (non-hydrogen) atoms. The number of carbonyl (C=O) groups excluding carboxylic acids is 3. The summed E-state index contributed by atoms with van der Waals surface area (Å²) in [7, 11) is 0. The van der Waals surface area contributed by atoms with Crippen LogP contribution in [0.15, 0.2) is 18.2 Å². The van der Waals surface area contributed by atoms with Crippen LogP contribution in [0.4, 0.5) is 4.79 Å². The number of nitrogens with one attached hydrogen (secondary N) is 2. The number of amides is 3. The van der Waals surface area contributed by atoms with Gasteiger partial charge in [-0.2, -0.15) is 0 Å². The minimum Gasteiger partial charge on any atom is -0.444 e. The number of hydrogen-bond donors (Lipinski definition) is 2. The van der Waals surface area contributed by atoms with Gasteiger partial charge in [0.25, 0.3) is 0 Å². The first kappa shape index (κ1) is 30.5. The molecule has 0 spiro atoms. The van der Waals surface area contributed by atoms with Crippen molar-refractivity contribution in [3.8, 4) is 0 Å². The van der Waals surface area contributed by atoms with Crippen molar-refractivity contribution in [1.82, 2.24) is 15.5 Å². The topological polar surface area (TPSA) is 87.7 Å². The maximum atomic E-state index is 13.5. The number of benzene rings is 1. The van der Waals surface area contributed by atoms with Gasteiger partial charge in [-0.05, 0) is 64.2 Å². The Hall–Kier alpha value is -2.57. The smallest absolute Gasteiger partial charge is 0.408 e. The highest BCUT2D eigenvalue weighted by molar-refractivity contribution is 5.90. The van der Waals surface area contributed by atoms with Crippen molar-refractivity contribution in [3.63, 3.8) is 0 Å². The van der Waals surface area contributed by atoms with E-state index in [1.165, 1.54) is 0 Å². The second-order valence-corrected chi connectivity index (χ2v) is 10.2. The lowest BCUT2D eigenvalue weighted by molar-refractivity contribution is -0.140. The van der Waals surface area contributed by atoms with Crippen molar-refractivity contribution in [2.75, 3.05) is 19.6 Å². The lowest BCUT2D eigenvalue weighted by atomic mass is 9.95. The van der Waals surface area contributed by atoms with Crippen molar-refractivity contribution < 1.29 is 19.1 Å². The van der Waals surface area contributed by atoms with E-state index in [9.17, 15) is 14.4 Å². The quantitative estimate of drug-likeness (QED) is 0.334. The summed E-state index contributed by atoms with van der Waals surface area (Å²) in [6.45, 7) is 14.3. The molecule has 198 valence electrons. The summed E-state index contributed by atoms with van der Waals surface area (Å²) in [4.78, 5) is 40.8. The Morgan fingerprint density at radius 3 is 2.23 bits per heavy atom. The summed E-state index contributed by atoms with van der Waals surface area (Å²) in [5.41, 5.74) is 2.22. The monoisotopic (exact) mass is 489 g/mol. The van der Waals surface area contributed by atoms with E-state index in [4.69, 9.17) is 4.74 Å². The van der Waals surface area contributed by atoms with Gasteiger partial charge in [-0.3, -0.25) is 9.59 Å². The molecule has 0 heterocycles. The Morgan fingerprint density at radius 1 is 0.943 bits per heavy atom. The number of rotatable bonds is 14. The molecule has 1 rings (SSSR count). The first-order valence-electron chi connectivity index (χ1n) is 13.1. The molecule has 0 aliphatic carbocycles. The van der Waals surface area contributed by atoms with Gasteiger partial charge in [0.2, 0.25) is 11.8 Å². The second kappa shape index (κ2) is 15.4. The van der Waals surface area contributed by atoms with E-state index in [0.717, 1.165) is 61.6 Å². The SMILES string of the molecule is CCCCCCN(C(=O)CNC(=O)OC(C)(C)C)C(C(=O)NCCCCC)c1cccc(C)c1C. The standard InChI is InChI=1S/C28H47N3O4/c1-8-10-12-14-19-31(24(32)20-30-27(34)35-28(5,6)7)25(26(33)29-18-13-11-9-2)23-17-15-16-21(3)22(23)4/h15-17,25H,8-14,18-20H2,1-7H3,(H,29,33)(H,30,34). The zero-order valence-electron chi connectivity index (χ0n) is 23.0. The molecule has 0 saturated carbocycles. The third-order valence-corrected chi connectivity index (χ3v) is 5.94. The van der Waals surface area contributed by atoms with E-state index in [1.54, 1.807) is 25.7 Å². The molecule has 3 amide bonds. The maximum Gasteiger partial charge on any atom is 0.408 e. The van der Waals surface area contributed by atoms with Crippen LogP contribution in [0.1, 0.15) is 102 Å². The highest BCUT2D eigenvalue weighted by Gasteiger charge is 2.32. The van der Waals surface area contributed by atoms with E-state index in [2.05, 4.69) is 24.5 Å². The van der Waals surface area contributed by atoms with Gasteiger partial charge in [0.15, 0.2) is 0 Å². The first-order chi connectivity index (χ1) is 16.5. The first-order valence-corrected chi connectivity index (χ1v) is 13.1. The van der Waals surface area contributed by atoms with Crippen molar-refractivity contribution in [1.29, 1.82) is 0 Å². The van der Waals surface area contributed by atoms with Gasteiger partial charge >= 0.3 is 6.09 Å². The van der Waals surface area contributed by atoms with Crippen molar-refractivity contribution in [2.45, 2.75) is 105 Å². The van der Waals surface area contributed by atoms with E-state index in [-0.39, 0.29) is 18.4 Å². The predicted molar refractivity (Wildman–Crippen MR) is 141 cm³/mol. The zero-order chi connectivity index (χ0) is 26.4. The van der Waals surface area contributed by atoms with Crippen molar-refractivity contribution in [2.24, 2.45) is 0 Å². The van der Waals surface area contributed by atoms with Gasteiger partial charge in [-0.25, -0.2) is 4.79 Å². The summed E-state index contributed by atoms with van der Waals surface area (Å²) >= 11 is 0. The van der Waals surface area contributed by atoms with Crippen LogP contribution in [0.3, 0.4) is 0 Å². The van der Waals surface area contributed by atoms with E-state index in [0.29, 0.717) is 13.1 Å². The Morgan fingerprint density at radius 2 is 1.60 bits per heavy atom. The molecule has 1 unspecified atom stereocenters. The molecule has 7 heteroatoms. The minimum atomic E-state index is -0.758. The molecule has 1 atom stereocenters. The van der Waals surface area contributed by atoms with Crippen LogP contribution in [-0.4, -0.2) is 48.0 Å². The van der Waals surface area contributed by atoms with Gasteiger partial charge in [0.05, 0.1) is 0 Å². The molecule has 7 nitrogen and oxygen atoms in total. The van der Waals surface area contributed by atoms with Crippen LogP contribution >= 0.6 is 0 Å². The Balaban J connectivity index is 3.22. The Kier molecular flexibility index (Phi) is 13.4. The number of ether oxygens (including phenoxy) is 1. The van der Waals surface area contributed by atoms with Gasteiger partial charge in [0.1, 0.15) is 18.2 Å². The highest BCUT2D eigenvalue weighted by atomic mass is 16.6. The molecule has 2 N–H and O–H groups in total. The number of carbonyl (C=O) groups is 3. The molecule has 0 saturated heterocycles. The third kappa shape index (κ3) is 11.1. The Bertz CT molecular complexity index is 817. The van der Waals surface area contributed by atoms with Gasteiger partial charge in [0, 0.05) is 13.1 Å². The molecular weight excluding hydrogens is 442 g/mol. The highest BCUT2D eigenvalue weighted by Crippen LogP contribution is 2.27. The minimum absolute atomic E-state index is 0.184. The second-order valence-electron chi connectivity index (χ2n) is 10.2. The normalized spacial score (nSPS) is 12.1. The molecule has 1 aromatic rings. The van der Waals surface area contributed by atoms with E-state index in [1.807, 2.05) is 32.0 Å². The van der Waals surface area contributed by atoms with Crippen LogP contribution in [0.25, 0.3) is 0 Å². The van der Waals surface area contributed by atoms with Crippen molar-refractivity contribution >= 4 is 17.9 Å². The van der Waals surface area contributed by atoms with Crippen LogP contribution in [-0.2, 0) is 14.3 Å². The molecule has 1 aromatic carbocycles. The van der Waals surface area contributed by atoms with Gasteiger partial charge in [-0.15, -0.1) is 0 Å². The fourth-order valence-electron chi connectivity index (χ4n) is 3.87. The molecule has 0 aromatic heterocycles. The van der Waals surface area contributed by atoms with Crippen LogP contribution in [0.5, 0.6) is 0 Å². The van der Waals surface area contributed by atoms with Crippen LogP contribution in [0, 0.1) is 13.8 Å². The number of aryl methyl sites for hydroxylation is 1. The summed E-state index contributed by atoms with van der Waals surface area (Å²) < 4.78 is 5.28. The maximum absolute atomic E-state index is 13.5. The number of alkyl carbamates (subject to hydrolysis) is 1. The molecular formula is C28H47N3O4. The largest absolute Gasteiger partial charge is 0.444 e. The fourth-order valence-corrected chi connectivity index (χ4v) is 3.87. The summed E-state index contributed by atoms with van der Waals surface area (Å²) in [5, 5.41) is 5.62. The van der Waals surface area contributed by atoms with Crippen molar-refractivity contribution in [3.05, 3.63) is 34.9 Å². The van der Waals surface area contributed by atoms with Crippen LogP contribution in [0.2, 0.25) is 0 Å². The molecule has 0 aliphatic rings. The van der Waals surface area contributed by atoms with E-state index >= 15 is 0 Å². The lowest BCUT2D eigenvalue weighted by Crippen LogP contribution is -2.48. The van der Waals surface area contributed by atoms with Gasteiger partial charge < -0.3 is 20.3 Å². The summed E-state index contributed by atoms with van der Waals surface area (Å²) in [6, 6.07) is 5.10. The average molecular weight is 490 g/mol. The lowest BCUT2D eigenvalue weighted by Gasteiger charge is -2.33. The van der Waals surface area contributed by atoms with E-state index < -0.39 is 17.7 Å². The summed E-state index contributed by atoms with van der Waals surface area (Å²) in [6.07, 6.45) is 6.24. The molecule has 0 aliphatic heterocycles. The number of unbranched alkanes of at least 4 members (excludes halogenated alkanes) is 5. The average Bonchev–Trinajstić information content (AvgIpc) is 2.78. The van der Waals surface area contributed by atoms with Gasteiger partial charge in [-0.1, -0.05) is 64.2 Å². The zero-order valence-corrected chi connectivity index (χ0v) is 23.0. The number of hydrogen-bond acceptors (Lipinski definition) is 4. The molecule has 0 bridgehead atoms. The van der Waals surface area contributed by atoms with Crippen LogP contribution < -0.4 is 10.6 Å². The third-order valence-electron chi connectivity index (χ3n) is 5.94. The summed E-state index contributed by atoms with van der Waals surface area (Å²) in [5.74, 6) is -0.488. The Labute approximate surface area is 212 Å². The molecule has 0 fully saturated rings. The predicted octanol–water partition coefficient (Wildman–Crippen LogP) is 5.58.